The van der Waals surface area contributed by atoms with Crippen LogP contribution in [-0.4, -0.2) is 36.5 Å². The molecule has 0 saturated carbocycles. The van der Waals surface area contributed by atoms with E-state index >= 15 is 0 Å². The summed E-state index contributed by atoms with van der Waals surface area (Å²) in [6.07, 6.45) is 4.43. The Morgan fingerprint density at radius 1 is 1.28 bits per heavy atom. The molecule has 0 aromatic heterocycles. The number of rotatable bonds is 7. The van der Waals surface area contributed by atoms with Gasteiger partial charge in [-0.25, -0.2) is 0 Å². The summed E-state index contributed by atoms with van der Waals surface area (Å²) in [6.45, 7) is 10.3. The van der Waals surface area contributed by atoms with Gasteiger partial charge in [-0.2, -0.15) is 0 Å². The summed E-state index contributed by atoms with van der Waals surface area (Å²) in [4.78, 5) is 0. The maximum atomic E-state index is 10.1. The molecule has 1 aliphatic rings. The molecule has 0 radical (unpaired) electrons. The van der Waals surface area contributed by atoms with E-state index in [1.54, 1.807) is 0 Å². The number of aliphatic hydroxyl groups excluding tert-OH is 1. The first-order chi connectivity index (χ1) is 8.58. The Morgan fingerprint density at radius 2 is 1.94 bits per heavy atom. The van der Waals surface area contributed by atoms with Gasteiger partial charge >= 0.3 is 0 Å². The molecule has 0 amide bonds. The van der Waals surface area contributed by atoms with Gasteiger partial charge in [-0.05, 0) is 24.7 Å². The lowest BCUT2D eigenvalue weighted by Crippen LogP contribution is -2.44. The number of ether oxygens (including phenoxy) is 1. The summed E-state index contributed by atoms with van der Waals surface area (Å²) in [6, 6.07) is 0.509. The zero-order chi connectivity index (χ0) is 13.5. The maximum absolute atomic E-state index is 10.1. The highest BCUT2D eigenvalue weighted by Gasteiger charge is 2.25. The Bertz CT molecular complexity index is 217. The Labute approximate surface area is 112 Å². The van der Waals surface area contributed by atoms with E-state index in [0.29, 0.717) is 24.0 Å². The first-order valence-corrected chi connectivity index (χ1v) is 7.61. The molecule has 1 saturated heterocycles. The molecule has 0 aromatic rings. The number of aliphatic hydroxyl groups is 1. The monoisotopic (exact) mass is 257 g/mol. The molecule has 3 heteroatoms. The van der Waals surface area contributed by atoms with Gasteiger partial charge in [0, 0.05) is 19.2 Å². The fraction of sp³-hybridized carbons (Fsp3) is 1.00. The summed E-state index contributed by atoms with van der Waals surface area (Å²) < 4.78 is 5.76. The molecule has 0 bridgehead atoms. The lowest BCUT2D eigenvalue weighted by atomic mass is 9.93. The van der Waals surface area contributed by atoms with Crippen LogP contribution in [0.5, 0.6) is 0 Å². The molecule has 3 unspecified atom stereocenters. The van der Waals surface area contributed by atoms with Crippen LogP contribution < -0.4 is 5.32 Å². The zero-order valence-electron chi connectivity index (χ0n) is 12.5. The third-order valence-electron chi connectivity index (χ3n) is 4.27. The Morgan fingerprint density at radius 3 is 2.50 bits per heavy atom. The van der Waals surface area contributed by atoms with E-state index < -0.39 is 0 Å². The molecule has 1 aliphatic heterocycles. The van der Waals surface area contributed by atoms with E-state index in [2.05, 4.69) is 33.0 Å². The van der Waals surface area contributed by atoms with E-state index in [1.807, 2.05) is 0 Å². The van der Waals surface area contributed by atoms with Crippen LogP contribution in [0.4, 0.5) is 0 Å². The molecule has 2 N–H and O–H groups in total. The van der Waals surface area contributed by atoms with Gasteiger partial charge in [-0.1, -0.05) is 40.5 Å². The molecule has 3 atom stereocenters. The van der Waals surface area contributed by atoms with E-state index in [-0.39, 0.29) is 6.10 Å². The van der Waals surface area contributed by atoms with Gasteiger partial charge in [0.25, 0.3) is 0 Å². The molecule has 0 aromatic carbocycles. The van der Waals surface area contributed by atoms with Crippen molar-refractivity contribution in [1.82, 2.24) is 5.32 Å². The minimum absolute atomic E-state index is 0.208. The summed E-state index contributed by atoms with van der Waals surface area (Å²) in [5.41, 5.74) is 0. The summed E-state index contributed by atoms with van der Waals surface area (Å²) in [5.74, 6) is 1.01. The van der Waals surface area contributed by atoms with E-state index in [0.717, 1.165) is 38.8 Å². The second-order valence-corrected chi connectivity index (χ2v) is 5.93. The van der Waals surface area contributed by atoms with Crippen LogP contribution in [0.15, 0.2) is 0 Å². The normalized spacial score (nSPS) is 26.8. The van der Waals surface area contributed by atoms with Crippen molar-refractivity contribution in [3.05, 3.63) is 0 Å². The standard InChI is InChI=1S/C15H31NO2/c1-5-12(6-2)14(17)10-16-13-7-8-18-15(9-13)11(3)4/h11-17H,5-10H2,1-4H3. The van der Waals surface area contributed by atoms with E-state index in [9.17, 15) is 5.11 Å². The predicted octanol–water partition coefficient (Wildman–Crippen LogP) is 2.58. The van der Waals surface area contributed by atoms with Gasteiger partial charge in [-0.15, -0.1) is 0 Å². The molecule has 108 valence electrons. The highest BCUT2D eigenvalue weighted by atomic mass is 16.5. The van der Waals surface area contributed by atoms with Crippen LogP contribution in [0.25, 0.3) is 0 Å². The van der Waals surface area contributed by atoms with Gasteiger partial charge in [0.2, 0.25) is 0 Å². The zero-order valence-corrected chi connectivity index (χ0v) is 12.5. The molecule has 1 fully saturated rings. The van der Waals surface area contributed by atoms with E-state index in [4.69, 9.17) is 4.74 Å². The van der Waals surface area contributed by atoms with Crippen LogP contribution in [0.2, 0.25) is 0 Å². The van der Waals surface area contributed by atoms with Gasteiger partial charge < -0.3 is 15.2 Å². The van der Waals surface area contributed by atoms with Crippen molar-refractivity contribution >= 4 is 0 Å². The summed E-state index contributed by atoms with van der Waals surface area (Å²) in [7, 11) is 0. The SMILES string of the molecule is CCC(CC)C(O)CNC1CCOC(C(C)C)C1. The van der Waals surface area contributed by atoms with E-state index in [1.165, 1.54) is 0 Å². The highest BCUT2D eigenvalue weighted by molar-refractivity contribution is 4.80. The highest BCUT2D eigenvalue weighted by Crippen LogP contribution is 2.20. The minimum Gasteiger partial charge on any atom is -0.392 e. The van der Waals surface area contributed by atoms with Crippen LogP contribution in [-0.2, 0) is 4.74 Å². The molecule has 18 heavy (non-hydrogen) atoms. The fourth-order valence-electron chi connectivity index (χ4n) is 2.76. The third-order valence-corrected chi connectivity index (χ3v) is 4.27. The van der Waals surface area contributed by atoms with Gasteiger partial charge in [0.05, 0.1) is 12.2 Å². The average molecular weight is 257 g/mol. The van der Waals surface area contributed by atoms with Gasteiger partial charge in [0.15, 0.2) is 0 Å². The first-order valence-electron chi connectivity index (χ1n) is 7.61. The largest absolute Gasteiger partial charge is 0.392 e. The van der Waals surface area contributed by atoms with Crippen molar-refractivity contribution in [2.75, 3.05) is 13.2 Å². The lowest BCUT2D eigenvalue weighted by molar-refractivity contribution is -0.0267. The second-order valence-electron chi connectivity index (χ2n) is 5.93. The minimum atomic E-state index is -0.208. The smallest absolute Gasteiger partial charge is 0.0692 e. The summed E-state index contributed by atoms with van der Waals surface area (Å²) in [5, 5.41) is 13.6. The molecule has 1 heterocycles. The fourth-order valence-corrected chi connectivity index (χ4v) is 2.76. The van der Waals surface area contributed by atoms with Gasteiger partial charge in [-0.3, -0.25) is 0 Å². The van der Waals surface area contributed by atoms with Crippen LogP contribution in [0, 0.1) is 11.8 Å². The molecular formula is C15H31NO2. The molecule has 0 aliphatic carbocycles. The van der Waals surface area contributed by atoms with Crippen molar-refractivity contribution in [2.45, 2.75) is 71.6 Å². The first kappa shape index (κ1) is 15.9. The van der Waals surface area contributed by atoms with Gasteiger partial charge in [0.1, 0.15) is 0 Å². The van der Waals surface area contributed by atoms with Crippen molar-refractivity contribution in [3.8, 4) is 0 Å². The maximum Gasteiger partial charge on any atom is 0.0692 e. The topological polar surface area (TPSA) is 41.5 Å². The lowest BCUT2D eigenvalue weighted by Gasteiger charge is -2.33. The summed E-state index contributed by atoms with van der Waals surface area (Å²) >= 11 is 0. The molecular weight excluding hydrogens is 226 g/mol. The second kappa shape index (κ2) is 8.13. The van der Waals surface area contributed by atoms with Crippen LogP contribution in [0.3, 0.4) is 0 Å². The van der Waals surface area contributed by atoms with Crippen molar-refractivity contribution < 1.29 is 9.84 Å². The van der Waals surface area contributed by atoms with Crippen LogP contribution in [0.1, 0.15) is 53.4 Å². The number of nitrogens with one attached hydrogen (secondary N) is 1. The van der Waals surface area contributed by atoms with Crippen molar-refractivity contribution in [1.29, 1.82) is 0 Å². The molecule has 1 rings (SSSR count). The van der Waals surface area contributed by atoms with Crippen molar-refractivity contribution in [3.63, 3.8) is 0 Å². The van der Waals surface area contributed by atoms with Crippen molar-refractivity contribution in [2.24, 2.45) is 11.8 Å². The van der Waals surface area contributed by atoms with Crippen LogP contribution >= 0.6 is 0 Å². The average Bonchev–Trinajstić information content (AvgIpc) is 2.38. The number of hydrogen-bond donors (Lipinski definition) is 2. The Kier molecular flexibility index (Phi) is 7.20. The quantitative estimate of drug-likeness (QED) is 0.736. The predicted molar refractivity (Wildman–Crippen MR) is 75.7 cm³/mol. The molecule has 0 spiro atoms. The number of hydrogen-bond acceptors (Lipinski definition) is 3. The Hall–Kier alpha value is -0.120. The third kappa shape index (κ3) is 4.87. The Balaban J connectivity index is 2.30. The molecule has 3 nitrogen and oxygen atoms in total.